The Morgan fingerprint density at radius 3 is 2.00 bits per heavy atom. The highest BCUT2D eigenvalue weighted by atomic mass is 16.5. The van der Waals surface area contributed by atoms with Crippen LogP contribution in [-0.4, -0.2) is 106 Å². The largest absolute Gasteiger partial charge is 0.453 e. The minimum atomic E-state index is -0.689. The van der Waals surface area contributed by atoms with Crippen LogP contribution in [-0.2, 0) is 23.8 Å². The third-order valence-electron chi connectivity index (χ3n) is 12.4. The van der Waals surface area contributed by atoms with E-state index in [2.05, 4.69) is 81.3 Å². The molecule has 0 radical (unpaired) electrons. The molecule has 3 fully saturated rings. The van der Waals surface area contributed by atoms with Crippen molar-refractivity contribution in [2.24, 2.45) is 11.8 Å². The second-order valence-electron chi connectivity index (χ2n) is 16.5. The molecule has 15 heteroatoms. The molecule has 61 heavy (non-hydrogen) atoms. The van der Waals surface area contributed by atoms with Gasteiger partial charge in [0, 0.05) is 38.1 Å². The summed E-state index contributed by atoms with van der Waals surface area (Å²) < 4.78 is 15.2. The fraction of sp³-hybridized carbons (Fsp3) is 0.435. The summed E-state index contributed by atoms with van der Waals surface area (Å²) in [7, 11) is 2.60. The van der Waals surface area contributed by atoms with E-state index >= 15 is 0 Å². The van der Waals surface area contributed by atoms with Crippen LogP contribution in [0.4, 0.5) is 9.59 Å². The van der Waals surface area contributed by atoms with Gasteiger partial charge in [-0.3, -0.25) is 9.59 Å². The highest BCUT2D eigenvalue weighted by molar-refractivity contribution is 5.91. The Kier molecular flexibility index (Phi) is 12.4. The Bertz CT molecular complexity index is 2370. The molecule has 5 aromatic rings. The van der Waals surface area contributed by atoms with Crippen LogP contribution in [0.15, 0.2) is 73.1 Å². The van der Waals surface area contributed by atoms with Gasteiger partial charge in [0.15, 0.2) is 0 Å². The van der Waals surface area contributed by atoms with E-state index in [9.17, 15) is 19.2 Å². The number of nitrogens with zero attached hydrogens (tertiary/aromatic N) is 4. The smallest absolute Gasteiger partial charge is 0.407 e. The second-order valence-corrected chi connectivity index (χ2v) is 16.5. The third kappa shape index (κ3) is 8.83. The van der Waals surface area contributed by atoms with Crippen molar-refractivity contribution in [3.63, 3.8) is 0 Å². The number of nitrogens with one attached hydrogen (secondary N) is 4. The average molecular weight is 831 g/mol. The van der Waals surface area contributed by atoms with Crippen molar-refractivity contribution >= 4 is 34.8 Å². The van der Waals surface area contributed by atoms with Crippen molar-refractivity contribution in [2.45, 2.75) is 76.5 Å². The van der Waals surface area contributed by atoms with Crippen LogP contribution < -0.4 is 10.6 Å². The number of likely N-dealkylation sites (tertiary alicyclic amines) is 2. The molecule has 3 aliphatic rings. The summed E-state index contributed by atoms with van der Waals surface area (Å²) in [6.07, 6.45) is 7.12. The predicted octanol–water partition coefficient (Wildman–Crippen LogP) is 7.15. The van der Waals surface area contributed by atoms with Gasteiger partial charge in [0.25, 0.3) is 0 Å². The third-order valence-corrected chi connectivity index (χ3v) is 12.4. The monoisotopic (exact) mass is 830 g/mol. The molecule has 2 aromatic heterocycles. The van der Waals surface area contributed by atoms with Crippen molar-refractivity contribution in [3.8, 4) is 33.6 Å². The summed E-state index contributed by atoms with van der Waals surface area (Å²) in [6, 6.07) is 19.3. The molecule has 15 nitrogen and oxygen atoms in total. The molecule has 0 saturated carbocycles. The highest BCUT2D eigenvalue weighted by Gasteiger charge is 2.41. The van der Waals surface area contributed by atoms with E-state index in [0.29, 0.717) is 39.1 Å². The van der Waals surface area contributed by atoms with Gasteiger partial charge in [-0.15, -0.1) is 0 Å². The molecule has 8 rings (SSSR count). The molecule has 4 amide bonds. The minimum absolute atomic E-state index is 0.0275. The van der Waals surface area contributed by atoms with Gasteiger partial charge < -0.3 is 44.6 Å². The van der Waals surface area contributed by atoms with Gasteiger partial charge in [0.2, 0.25) is 11.8 Å². The summed E-state index contributed by atoms with van der Waals surface area (Å²) in [5, 5.41) is 7.70. The molecule has 3 aromatic carbocycles. The molecular weight excluding hydrogens is 777 g/mol. The topological polar surface area (TPSA) is 184 Å². The first-order valence-electron chi connectivity index (χ1n) is 21.2. The summed E-state index contributed by atoms with van der Waals surface area (Å²) in [5.41, 5.74) is 5.78. The number of benzene rings is 3. The summed E-state index contributed by atoms with van der Waals surface area (Å²) in [5.74, 6) is 1.07. The normalized spacial score (nSPS) is 19.2. The van der Waals surface area contributed by atoms with Gasteiger partial charge in [-0.2, -0.15) is 0 Å². The van der Waals surface area contributed by atoms with Crippen molar-refractivity contribution in [1.29, 1.82) is 0 Å². The molecule has 4 N–H and O–H groups in total. The zero-order chi connectivity index (χ0) is 42.6. The van der Waals surface area contributed by atoms with Crippen LogP contribution in [0.2, 0.25) is 0 Å². The van der Waals surface area contributed by atoms with Gasteiger partial charge in [0.05, 0.1) is 43.9 Å². The number of aromatic amines is 2. The van der Waals surface area contributed by atoms with E-state index in [1.54, 1.807) is 0 Å². The van der Waals surface area contributed by atoms with E-state index in [-0.39, 0.29) is 35.7 Å². The van der Waals surface area contributed by atoms with Crippen LogP contribution >= 0.6 is 0 Å². The Balaban J connectivity index is 0.936. The zero-order valence-corrected chi connectivity index (χ0v) is 35.1. The lowest BCUT2D eigenvalue weighted by Gasteiger charge is -2.34. The van der Waals surface area contributed by atoms with Crippen molar-refractivity contribution < 1.29 is 33.4 Å². The maximum Gasteiger partial charge on any atom is 0.407 e. The standard InChI is InChI=1S/C46H54N8O7/c1-27(2)39(51-45(57)59-3)43(55)53-19-5-7-37(53)41-47-25-35(49-41)29-11-9-28(10-12-29)31-13-14-33-24-34(16-15-32(33)23-31)36-26-48-42(50-36)38-8-6-20-54(38)44(56)40(52-46(58)60-4)30-17-21-61-22-18-30/h9-16,23-27,30,37-40H,5-8,17-22H2,1-4H3,(H,47,49)(H,48,50)(H,51,57)(H,52,58)/t37-,38-,39-,40-/m0/s1. The van der Waals surface area contributed by atoms with Crippen LogP contribution in [0.1, 0.15) is 76.1 Å². The fourth-order valence-electron chi connectivity index (χ4n) is 9.04. The highest BCUT2D eigenvalue weighted by Crippen LogP contribution is 2.36. The molecule has 0 unspecified atom stereocenters. The van der Waals surface area contributed by atoms with Crippen LogP contribution in [0.25, 0.3) is 44.4 Å². The van der Waals surface area contributed by atoms with Gasteiger partial charge in [-0.25, -0.2) is 19.6 Å². The summed E-state index contributed by atoms with van der Waals surface area (Å²) in [4.78, 5) is 72.0. The number of amides is 4. The SMILES string of the molecule is COC(=O)N[C@H](C(=O)N1CCC[C@H]1c1ncc(-c2ccc(-c3ccc4cc(-c5c[nH]c([C@@H]6CCCN6C(=O)[C@@H](NC(=O)OC)C6CCOCC6)n5)ccc4c3)cc2)[nH]1)C(C)C. The van der Waals surface area contributed by atoms with Crippen LogP contribution in [0.5, 0.6) is 0 Å². The number of fused-ring (bicyclic) bond motifs is 1. The van der Waals surface area contributed by atoms with Crippen molar-refractivity contribution in [3.05, 3.63) is 84.7 Å². The van der Waals surface area contributed by atoms with Crippen molar-refractivity contribution in [1.82, 2.24) is 40.4 Å². The molecule has 320 valence electrons. The maximum absolute atomic E-state index is 14.0. The van der Waals surface area contributed by atoms with Crippen molar-refractivity contribution in [2.75, 3.05) is 40.5 Å². The second kappa shape index (κ2) is 18.2. The lowest BCUT2D eigenvalue weighted by Crippen LogP contribution is -2.53. The quantitative estimate of drug-likeness (QED) is 0.107. The zero-order valence-electron chi connectivity index (χ0n) is 35.1. The molecule has 4 atom stereocenters. The Morgan fingerprint density at radius 2 is 1.33 bits per heavy atom. The first kappa shape index (κ1) is 41.5. The van der Waals surface area contributed by atoms with E-state index in [1.165, 1.54) is 14.2 Å². The van der Waals surface area contributed by atoms with Gasteiger partial charge in [-0.05, 0) is 90.0 Å². The summed E-state index contributed by atoms with van der Waals surface area (Å²) in [6.45, 7) is 6.11. The number of methoxy groups -OCH3 is 2. The number of H-pyrrole nitrogens is 2. The van der Waals surface area contributed by atoms with E-state index < -0.39 is 24.3 Å². The summed E-state index contributed by atoms with van der Waals surface area (Å²) >= 11 is 0. The lowest BCUT2D eigenvalue weighted by atomic mass is 9.90. The number of ether oxygens (including phenoxy) is 3. The number of carbonyl (C=O) groups excluding carboxylic acids is 4. The van der Waals surface area contributed by atoms with Gasteiger partial charge in [-0.1, -0.05) is 62.4 Å². The first-order valence-corrected chi connectivity index (χ1v) is 21.2. The minimum Gasteiger partial charge on any atom is -0.453 e. The number of carbonyl (C=O) groups is 4. The first-order chi connectivity index (χ1) is 29.6. The fourth-order valence-corrected chi connectivity index (χ4v) is 9.04. The Morgan fingerprint density at radius 1 is 0.738 bits per heavy atom. The molecule has 0 spiro atoms. The lowest BCUT2D eigenvalue weighted by molar-refractivity contribution is -0.137. The molecule has 3 saturated heterocycles. The Hall–Kier alpha value is -6.22. The van der Waals surface area contributed by atoms with E-state index in [4.69, 9.17) is 24.2 Å². The van der Waals surface area contributed by atoms with Gasteiger partial charge >= 0.3 is 12.2 Å². The predicted molar refractivity (Wildman–Crippen MR) is 229 cm³/mol. The molecular formula is C46H54N8O7. The number of aromatic nitrogens is 4. The number of rotatable bonds is 11. The van der Waals surface area contributed by atoms with Gasteiger partial charge in [0.1, 0.15) is 23.7 Å². The number of hydrogen-bond acceptors (Lipinski definition) is 9. The molecule has 0 bridgehead atoms. The number of hydrogen-bond donors (Lipinski definition) is 4. The Labute approximate surface area is 354 Å². The molecule has 5 heterocycles. The maximum atomic E-state index is 14.0. The van der Waals surface area contributed by atoms with Crippen LogP contribution in [0.3, 0.4) is 0 Å². The number of imidazole rings is 2. The van der Waals surface area contributed by atoms with E-state index in [0.717, 1.165) is 81.7 Å². The number of alkyl carbamates (subject to hydrolysis) is 2. The van der Waals surface area contributed by atoms with Crippen LogP contribution in [0, 0.1) is 11.8 Å². The van der Waals surface area contributed by atoms with E-state index in [1.807, 2.05) is 36.0 Å². The average Bonchev–Trinajstić information content (AvgIpc) is 4.14. The molecule has 0 aliphatic carbocycles. The molecule has 3 aliphatic heterocycles.